The number of hydrogen-bond donors (Lipinski definition) is 1. The third-order valence-corrected chi connectivity index (χ3v) is 2.74. The van der Waals surface area contributed by atoms with Gasteiger partial charge in [-0.3, -0.25) is 4.90 Å². The standard InChI is InChI=1S/C12H24N2/c1-5-8-14(12-6-7-12)11(4)9-13-10(2)3/h5,10-13H,1,6-9H2,2-4H3. The van der Waals surface area contributed by atoms with Gasteiger partial charge in [-0.1, -0.05) is 19.9 Å². The van der Waals surface area contributed by atoms with Crippen molar-refractivity contribution in [3.8, 4) is 0 Å². The van der Waals surface area contributed by atoms with Gasteiger partial charge in [0, 0.05) is 31.2 Å². The van der Waals surface area contributed by atoms with Crippen molar-refractivity contribution in [1.82, 2.24) is 10.2 Å². The van der Waals surface area contributed by atoms with Crippen molar-refractivity contribution in [3.05, 3.63) is 12.7 Å². The number of hydrogen-bond acceptors (Lipinski definition) is 2. The average Bonchev–Trinajstić information content (AvgIpc) is 2.93. The van der Waals surface area contributed by atoms with E-state index < -0.39 is 0 Å². The molecular formula is C12H24N2. The molecule has 0 spiro atoms. The molecule has 2 nitrogen and oxygen atoms in total. The van der Waals surface area contributed by atoms with E-state index in [1.54, 1.807) is 0 Å². The zero-order chi connectivity index (χ0) is 10.6. The largest absolute Gasteiger partial charge is 0.313 e. The third-order valence-electron chi connectivity index (χ3n) is 2.74. The fraction of sp³-hybridized carbons (Fsp3) is 0.833. The highest BCUT2D eigenvalue weighted by atomic mass is 15.2. The molecule has 0 aliphatic heterocycles. The van der Waals surface area contributed by atoms with E-state index in [1.807, 2.05) is 6.08 Å². The molecule has 1 unspecified atom stereocenters. The van der Waals surface area contributed by atoms with E-state index in [1.165, 1.54) is 12.8 Å². The Hall–Kier alpha value is -0.340. The van der Waals surface area contributed by atoms with E-state index >= 15 is 0 Å². The molecule has 0 saturated heterocycles. The molecular weight excluding hydrogens is 172 g/mol. The Balaban J connectivity index is 2.29. The lowest BCUT2D eigenvalue weighted by Crippen LogP contribution is -2.43. The van der Waals surface area contributed by atoms with E-state index in [9.17, 15) is 0 Å². The summed E-state index contributed by atoms with van der Waals surface area (Å²) in [6.45, 7) is 12.6. The second-order valence-electron chi connectivity index (χ2n) is 4.63. The molecule has 0 aromatic carbocycles. The fourth-order valence-corrected chi connectivity index (χ4v) is 1.77. The molecule has 2 heteroatoms. The van der Waals surface area contributed by atoms with Crippen LogP contribution in [-0.2, 0) is 0 Å². The smallest absolute Gasteiger partial charge is 0.0198 e. The lowest BCUT2D eigenvalue weighted by Gasteiger charge is -2.28. The fourth-order valence-electron chi connectivity index (χ4n) is 1.77. The first-order chi connectivity index (χ1) is 6.65. The lowest BCUT2D eigenvalue weighted by molar-refractivity contribution is 0.213. The molecule has 1 saturated carbocycles. The van der Waals surface area contributed by atoms with Crippen LogP contribution in [0.2, 0.25) is 0 Å². The maximum atomic E-state index is 3.83. The van der Waals surface area contributed by atoms with Gasteiger partial charge in [-0.25, -0.2) is 0 Å². The van der Waals surface area contributed by atoms with E-state index in [4.69, 9.17) is 0 Å². The van der Waals surface area contributed by atoms with Gasteiger partial charge in [0.25, 0.3) is 0 Å². The molecule has 0 aromatic rings. The summed E-state index contributed by atoms with van der Waals surface area (Å²) in [7, 11) is 0. The second kappa shape index (κ2) is 5.52. The Kier molecular flexibility index (Phi) is 4.63. The van der Waals surface area contributed by atoms with Gasteiger partial charge in [0.05, 0.1) is 0 Å². The van der Waals surface area contributed by atoms with Gasteiger partial charge < -0.3 is 5.32 Å². The van der Waals surface area contributed by atoms with Crippen molar-refractivity contribution < 1.29 is 0 Å². The van der Waals surface area contributed by atoms with Gasteiger partial charge in [0.1, 0.15) is 0 Å². The van der Waals surface area contributed by atoms with Crippen molar-refractivity contribution in [2.75, 3.05) is 13.1 Å². The van der Waals surface area contributed by atoms with Crippen LogP contribution in [-0.4, -0.2) is 36.1 Å². The zero-order valence-corrected chi connectivity index (χ0v) is 9.79. The van der Waals surface area contributed by atoms with Crippen LogP contribution < -0.4 is 5.32 Å². The molecule has 0 aromatic heterocycles. The highest BCUT2D eigenvalue weighted by molar-refractivity contribution is 4.91. The van der Waals surface area contributed by atoms with Gasteiger partial charge >= 0.3 is 0 Å². The molecule has 1 aliphatic rings. The van der Waals surface area contributed by atoms with Gasteiger partial charge in [-0.15, -0.1) is 6.58 Å². The molecule has 0 radical (unpaired) electrons. The number of nitrogens with zero attached hydrogens (tertiary/aromatic N) is 1. The maximum absolute atomic E-state index is 3.83. The summed E-state index contributed by atoms with van der Waals surface area (Å²) in [6.07, 6.45) is 4.77. The van der Waals surface area contributed by atoms with Crippen molar-refractivity contribution >= 4 is 0 Å². The van der Waals surface area contributed by atoms with Crippen LogP contribution in [0.3, 0.4) is 0 Å². The number of nitrogens with one attached hydrogen (secondary N) is 1. The Morgan fingerprint density at radius 1 is 1.43 bits per heavy atom. The van der Waals surface area contributed by atoms with Gasteiger partial charge in [-0.05, 0) is 19.8 Å². The van der Waals surface area contributed by atoms with E-state index in [2.05, 4.69) is 37.6 Å². The molecule has 1 atom stereocenters. The van der Waals surface area contributed by atoms with Crippen LogP contribution in [0, 0.1) is 0 Å². The summed E-state index contributed by atoms with van der Waals surface area (Å²) < 4.78 is 0. The summed E-state index contributed by atoms with van der Waals surface area (Å²) in [4.78, 5) is 2.56. The molecule has 0 amide bonds. The Morgan fingerprint density at radius 3 is 2.50 bits per heavy atom. The maximum Gasteiger partial charge on any atom is 0.0198 e. The minimum atomic E-state index is 0.585. The van der Waals surface area contributed by atoms with Crippen LogP contribution in [0.4, 0.5) is 0 Å². The van der Waals surface area contributed by atoms with Crippen LogP contribution in [0.15, 0.2) is 12.7 Å². The number of rotatable bonds is 7. The average molecular weight is 196 g/mol. The highest BCUT2D eigenvalue weighted by Crippen LogP contribution is 2.28. The molecule has 1 aliphatic carbocycles. The SMILES string of the molecule is C=CCN(C(C)CNC(C)C)C1CC1. The first-order valence-electron chi connectivity index (χ1n) is 5.75. The molecule has 82 valence electrons. The van der Waals surface area contributed by atoms with Crippen LogP contribution in [0.25, 0.3) is 0 Å². The lowest BCUT2D eigenvalue weighted by atomic mass is 10.2. The first kappa shape index (κ1) is 11.7. The van der Waals surface area contributed by atoms with Gasteiger partial charge in [0.2, 0.25) is 0 Å². The molecule has 1 N–H and O–H groups in total. The summed E-state index contributed by atoms with van der Waals surface area (Å²) >= 11 is 0. The van der Waals surface area contributed by atoms with E-state index in [0.29, 0.717) is 12.1 Å². The zero-order valence-electron chi connectivity index (χ0n) is 9.79. The summed E-state index contributed by atoms with van der Waals surface area (Å²) in [6, 6.07) is 2.04. The molecule has 1 fully saturated rings. The topological polar surface area (TPSA) is 15.3 Å². The molecule has 0 heterocycles. The Bertz CT molecular complexity index is 173. The van der Waals surface area contributed by atoms with Crippen LogP contribution in [0.1, 0.15) is 33.6 Å². The third kappa shape index (κ3) is 3.81. The van der Waals surface area contributed by atoms with Crippen LogP contribution >= 0.6 is 0 Å². The van der Waals surface area contributed by atoms with Crippen molar-refractivity contribution in [2.45, 2.75) is 51.7 Å². The minimum absolute atomic E-state index is 0.585. The van der Waals surface area contributed by atoms with Crippen molar-refractivity contribution in [2.24, 2.45) is 0 Å². The quantitative estimate of drug-likeness (QED) is 0.627. The van der Waals surface area contributed by atoms with E-state index in [-0.39, 0.29) is 0 Å². The Morgan fingerprint density at radius 2 is 2.07 bits per heavy atom. The van der Waals surface area contributed by atoms with E-state index in [0.717, 1.165) is 19.1 Å². The normalized spacial score (nSPS) is 18.9. The van der Waals surface area contributed by atoms with Gasteiger partial charge in [-0.2, -0.15) is 0 Å². The molecule has 0 bridgehead atoms. The first-order valence-corrected chi connectivity index (χ1v) is 5.75. The highest BCUT2D eigenvalue weighted by Gasteiger charge is 2.30. The second-order valence-corrected chi connectivity index (χ2v) is 4.63. The predicted molar refractivity (Wildman–Crippen MR) is 62.5 cm³/mol. The molecule has 1 rings (SSSR count). The summed E-state index contributed by atoms with van der Waals surface area (Å²) in [5.74, 6) is 0. The Labute approximate surface area is 88.4 Å². The van der Waals surface area contributed by atoms with Gasteiger partial charge in [0.15, 0.2) is 0 Å². The summed E-state index contributed by atoms with van der Waals surface area (Å²) in [5.41, 5.74) is 0. The monoisotopic (exact) mass is 196 g/mol. The van der Waals surface area contributed by atoms with Crippen molar-refractivity contribution in [3.63, 3.8) is 0 Å². The van der Waals surface area contributed by atoms with Crippen molar-refractivity contribution in [1.29, 1.82) is 0 Å². The summed E-state index contributed by atoms with van der Waals surface area (Å²) in [5, 5.41) is 3.49. The molecule has 14 heavy (non-hydrogen) atoms. The minimum Gasteiger partial charge on any atom is -0.313 e. The van der Waals surface area contributed by atoms with Crippen LogP contribution in [0.5, 0.6) is 0 Å². The predicted octanol–water partition coefficient (Wildman–Crippen LogP) is 2.02.